The molecule has 1 saturated heterocycles. The lowest BCUT2D eigenvalue weighted by atomic mass is 9.79. The molecular formula is C17H26N4O3. The number of nitrogens with zero attached hydrogens (tertiary/aromatic N) is 3. The standard InChI is InChI=1S/C17H26N4O3/c1-10(2)12-9-13(20-16(18)19-12)15(23)21-7-6-17(24-3)5-4-11(22)8-14(17)21/h9-11,14,22H,4-8H2,1-3H3,(H2,18,19,20)/t11-,14-,17+/m0/s1. The molecule has 0 unspecified atom stereocenters. The van der Waals surface area contributed by atoms with Crippen molar-refractivity contribution >= 4 is 11.9 Å². The van der Waals surface area contributed by atoms with Crippen LogP contribution < -0.4 is 5.73 Å². The molecule has 1 aliphatic carbocycles. The van der Waals surface area contributed by atoms with Crippen LogP contribution in [0.4, 0.5) is 5.95 Å². The normalized spacial score (nSPS) is 29.8. The Morgan fingerprint density at radius 3 is 2.88 bits per heavy atom. The molecule has 1 saturated carbocycles. The van der Waals surface area contributed by atoms with Crippen LogP contribution >= 0.6 is 0 Å². The molecule has 1 amide bonds. The fourth-order valence-corrected chi connectivity index (χ4v) is 3.96. The smallest absolute Gasteiger partial charge is 0.273 e. The number of nitrogens with two attached hydrogens (primary N) is 1. The second-order valence-electron chi connectivity index (χ2n) is 7.15. The topological polar surface area (TPSA) is 102 Å². The zero-order valence-corrected chi connectivity index (χ0v) is 14.5. The number of aliphatic hydroxyl groups is 1. The molecular weight excluding hydrogens is 308 g/mol. The molecule has 2 aliphatic rings. The molecule has 0 radical (unpaired) electrons. The molecule has 7 heteroatoms. The minimum absolute atomic E-state index is 0.116. The van der Waals surface area contributed by atoms with E-state index in [1.165, 1.54) is 0 Å². The number of carbonyl (C=O) groups is 1. The van der Waals surface area contributed by atoms with Crippen molar-refractivity contribution in [2.75, 3.05) is 19.4 Å². The molecule has 132 valence electrons. The summed E-state index contributed by atoms with van der Waals surface area (Å²) in [6.45, 7) is 4.60. The lowest BCUT2D eigenvalue weighted by Crippen LogP contribution is -2.52. The van der Waals surface area contributed by atoms with Gasteiger partial charge < -0.3 is 20.5 Å². The highest BCUT2D eigenvalue weighted by Crippen LogP contribution is 2.42. The molecule has 3 rings (SSSR count). The molecule has 0 spiro atoms. The van der Waals surface area contributed by atoms with Gasteiger partial charge in [-0.3, -0.25) is 4.79 Å². The second kappa shape index (κ2) is 6.29. The number of amides is 1. The van der Waals surface area contributed by atoms with Crippen molar-refractivity contribution in [1.29, 1.82) is 0 Å². The number of aromatic nitrogens is 2. The number of anilines is 1. The zero-order chi connectivity index (χ0) is 17.5. The summed E-state index contributed by atoms with van der Waals surface area (Å²) in [6.07, 6.45) is 2.40. The largest absolute Gasteiger partial charge is 0.393 e. The van der Waals surface area contributed by atoms with Gasteiger partial charge in [-0.25, -0.2) is 9.97 Å². The Hall–Kier alpha value is -1.73. The minimum Gasteiger partial charge on any atom is -0.393 e. The van der Waals surface area contributed by atoms with E-state index in [4.69, 9.17) is 10.5 Å². The van der Waals surface area contributed by atoms with E-state index < -0.39 is 6.10 Å². The van der Waals surface area contributed by atoms with E-state index in [1.54, 1.807) is 18.1 Å². The van der Waals surface area contributed by atoms with E-state index in [0.29, 0.717) is 25.1 Å². The van der Waals surface area contributed by atoms with Crippen LogP contribution in [0.1, 0.15) is 61.6 Å². The molecule has 2 fully saturated rings. The first-order valence-electron chi connectivity index (χ1n) is 8.55. The average Bonchev–Trinajstić information content (AvgIpc) is 2.92. The third kappa shape index (κ3) is 2.86. The molecule has 2 heterocycles. The van der Waals surface area contributed by atoms with Crippen molar-refractivity contribution in [3.63, 3.8) is 0 Å². The van der Waals surface area contributed by atoms with Gasteiger partial charge in [-0.15, -0.1) is 0 Å². The lowest BCUT2D eigenvalue weighted by Gasteiger charge is -2.42. The number of hydrogen-bond donors (Lipinski definition) is 2. The van der Waals surface area contributed by atoms with Crippen molar-refractivity contribution < 1.29 is 14.6 Å². The summed E-state index contributed by atoms with van der Waals surface area (Å²) >= 11 is 0. The Labute approximate surface area is 142 Å². The maximum atomic E-state index is 13.0. The molecule has 1 aromatic rings. The second-order valence-corrected chi connectivity index (χ2v) is 7.15. The Morgan fingerprint density at radius 2 is 2.21 bits per heavy atom. The zero-order valence-electron chi connectivity index (χ0n) is 14.5. The van der Waals surface area contributed by atoms with Gasteiger partial charge in [0.05, 0.1) is 17.7 Å². The number of rotatable bonds is 3. The van der Waals surface area contributed by atoms with Gasteiger partial charge >= 0.3 is 0 Å². The first-order chi connectivity index (χ1) is 11.4. The Balaban J connectivity index is 1.90. The van der Waals surface area contributed by atoms with E-state index in [-0.39, 0.29) is 29.4 Å². The van der Waals surface area contributed by atoms with Crippen molar-refractivity contribution in [3.05, 3.63) is 17.5 Å². The SMILES string of the molecule is CO[C@@]12CC[C@H](O)C[C@@H]1N(C(=O)c1cc(C(C)C)nc(N)n1)CC2. The predicted molar refractivity (Wildman–Crippen MR) is 89.6 cm³/mol. The number of fused-ring (bicyclic) bond motifs is 1. The van der Waals surface area contributed by atoms with Crippen molar-refractivity contribution in [3.8, 4) is 0 Å². The van der Waals surface area contributed by atoms with Gasteiger partial charge in [-0.05, 0) is 37.7 Å². The van der Waals surface area contributed by atoms with Crippen molar-refractivity contribution in [2.45, 2.75) is 63.2 Å². The first kappa shape index (κ1) is 17.1. The molecule has 24 heavy (non-hydrogen) atoms. The monoisotopic (exact) mass is 334 g/mol. The number of carbonyl (C=O) groups excluding carboxylic acids is 1. The van der Waals surface area contributed by atoms with E-state index in [2.05, 4.69) is 9.97 Å². The maximum Gasteiger partial charge on any atom is 0.273 e. The van der Waals surface area contributed by atoms with Gasteiger partial charge in [-0.1, -0.05) is 13.8 Å². The van der Waals surface area contributed by atoms with Gasteiger partial charge in [0.1, 0.15) is 5.69 Å². The first-order valence-corrected chi connectivity index (χ1v) is 8.55. The summed E-state index contributed by atoms with van der Waals surface area (Å²) in [7, 11) is 1.69. The van der Waals surface area contributed by atoms with Crippen LogP contribution in [0.25, 0.3) is 0 Å². The fourth-order valence-electron chi connectivity index (χ4n) is 3.96. The number of ether oxygens (including phenoxy) is 1. The van der Waals surface area contributed by atoms with Crippen LogP contribution in [0.15, 0.2) is 6.07 Å². The summed E-state index contributed by atoms with van der Waals surface area (Å²) in [5.74, 6) is 0.115. The van der Waals surface area contributed by atoms with Crippen LogP contribution in [-0.2, 0) is 4.74 Å². The van der Waals surface area contributed by atoms with E-state index in [9.17, 15) is 9.90 Å². The van der Waals surface area contributed by atoms with Crippen molar-refractivity contribution in [2.24, 2.45) is 0 Å². The van der Waals surface area contributed by atoms with Gasteiger partial charge in [0.15, 0.2) is 0 Å². The maximum absolute atomic E-state index is 13.0. The molecule has 7 nitrogen and oxygen atoms in total. The van der Waals surface area contributed by atoms with Crippen LogP contribution in [0.2, 0.25) is 0 Å². The molecule has 0 aromatic carbocycles. The van der Waals surface area contributed by atoms with E-state index in [1.807, 2.05) is 13.8 Å². The quantitative estimate of drug-likeness (QED) is 0.864. The molecule has 3 atom stereocenters. The van der Waals surface area contributed by atoms with Gasteiger partial charge in [0.2, 0.25) is 5.95 Å². The Kier molecular flexibility index (Phi) is 4.48. The molecule has 1 aliphatic heterocycles. The third-order valence-electron chi connectivity index (χ3n) is 5.40. The summed E-state index contributed by atoms with van der Waals surface area (Å²) in [6, 6.07) is 1.59. The number of nitrogen functional groups attached to an aromatic ring is 1. The summed E-state index contributed by atoms with van der Waals surface area (Å²) in [4.78, 5) is 23.2. The van der Waals surface area contributed by atoms with Crippen LogP contribution in [0.3, 0.4) is 0 Å². The van der Waals surface area contributed by atoms with Crippen LogP contribution in [0.5, 0.6) is 0 Å². The highest BCUT2D eigenvalue weighted by atomic mass is 16.5. The predicted octanol–water partition coefficient (Wildman–Crippen LogP) is 1.33. The van der Waals surface area contributed by atoms with E-state index in [0.717, 1.165) is 18.5 Å². The van der Waals surface area contributed by atoms with Gasteiger partial charge in [0, 0.05) is 19.3 Å². The number of likely N-dealkylation sites (tertiary alicyclic amines) is 1. The molecule has 3 N–H and O–H groups in total. The molecule has 0 bridgehead atoms. The Morgan fingerprint density at radius 1 is 1.46 bits per heavy atom. The number of methoxy groups -OCH3 is 1. The van der Waals surface area contributed by atoms with Gasteiger partial charge in [0.25, 0.3) is 5.91 Å². The highest BCUT2D eigenvalue weighted by molar-refractivity contribution is 5.93. The number of hydrogen-bond acceptors (Lipinski definition) is 6. The van der Waals surface area contributed by atoms with Crippen molar-refractivity contribution in [1.82, 2.24) is 14.9 Å². The third-order valence-corrected chi connectivity index (χ3v) is 5.40. The average molecular weight is 334 g/mol. The summed E-state index contributed by atoms with van der Waals surface area (Å²) < 4.78 is 5.79. The molecule has 1 aromatic heterocycles. The fraction of sp³-hybridized carbons (Fsp3) is 0.706. The van der Waals surface area contributed by atoms with Crippen LogP contribution in [-0.4, -0.2) is 57.3 Å². The number of aliphatic hydroxyl groups excluding tert-OH is 1. The van der Waals surface area contributed by atoms with E-state index >= 15 is 0 Å². The van der Waals surface area contributed by atoms with Gasteiger partial charge in [-0.2, -0.15) is 0 Å². The Bertz CT molecular complexity index is 636. The summed E-state index contributed by atoms with van der Waals surface area (Å²) in [5.41, 5.74) is 6.50. The summed E-state index contributed by atoms with van der Waals surface area (Å²) in [5, 5.41) is 10.1. The lowest BCUT2D eigenvalue weighted by molar-refractivity contribution is -0.0824. The minimum atomic E-state index is -0.395. The van der Waals surface area contributed by atoms with Crippen LogP contribution in [0, 0.1) is 0 Å². The highest BCUT2D eigenvalue weighted by Gasteiger charge is 2.52.